The third-order valence-electron chi connectivity index (χ3n) is 3.30. The Bertz CT molecular complexity index is 694. The maximum atomic E-state index is 12.9. The van der Waals surface area contributed by atoms with Crippen molar-refractivity contribution in [2.75, 3.05) is 0 Å². The zero-order valence-electron chi connectivity index (χ0n) is 10.7. The lowest BCUT2D eigenvalue weighted by Gasteiger charge is -2.22. The number of sulfonamides is 1. The van der Waals surface area contributed by atoms with Crippen LogP contribution in [0.25, 0.3) is 0 Å². The maximum absolute atomic E-state index is 12.9. The van der Waals surface area contributed by atoms with Crippen molar-refractivity contribution in [2.45, 2.75) is 30.3 Å². The molecule has 0 radical (unpaired) electrons. The molecule has 1 aromatic heterocycles. The van der Waals surface area contributed by atoms with Crippen molar-refractivity contribution >= 4 is 37.3 Å². The fraction of sp³-hybridized carbons (Fsp3) is 0.286. The molecular weight excluding hydrogens is 358 g/mol. The molecule has 0 bridgehead atoms. The van der Waals surface area contributed by atoms with E-state index in [1.54, 1.807) is 33.8 Å². The Morgan fingerprint density at radius 1 is 1.25 bits per heavy atom. The lowest BCUT2D eigenvalue weighted by atomic mass is 10.3. The van der Waals surface area contributed by atoms with Crippen molar-refractivity contribution < 1.29 is 8.42 Å². The van der Waals surface area contributed by atoms with Crippen LogP contribution >= 0.6 is 27.3 Å². The van der Waals surface area contributed by atoms with E-state index in [1.807, 2.05) is 22.9 Å². The van der Waals surface area contributed by atoms with Gasteiger partial charge in [0.2, 0.25) is 10.0 Å². The summed E-state index contributed by atoms with van der Waals surface area (Å²) < 4.78 is 28.0. The van der Waals surface area contributed by atoms with Gasteiger partial charge in [-0.25, -0.2) is 8.42 Å². The molecule has 3 rings (SSSR count). The van der Waals surface area contributed by atoms with E-state index >= 15 is 0 Å². The van der Waals surface area contributed by atoms with Crippen LogP contribution in [0.1, 0.15) is 18.4 Å². The fourth-order valence-corrected chi connectivity index (χ4v) is 5.41. The number of benzene rings is 1. The van der Waals surface area contributed by atoms with E-state index in [0.29, 0.717) is 15.9 Å². The average molecular weight is 372 g/mol. The molecule has 3 nitrogen and oxygen atoms in total. The summed E-state index contributed by atoms with van der Waals surface area (Å²) in [5.41, 5.74) is 1.05. The first kappa shape index (κ1) is 14.3. The molecule has 1 saturated carbocycles. The zero-order valence-corrected chi connectivity index (χ0v) is 13.9. The zero-order chi connectivity index (χ0) is 14.2. The summed E-state index contributed by atoms with van der Waals surface area (Å²) in [5.74, 6) is 0. The summed E-state index contributed by atoms with van der Waals surface area (Å²) in [7, 11) is -3.45. The molecule has 0 unspecified atom stereocenters. The molecule has 0 saturated heterocycles. The van der Waals surface area contributed by atoms with Crippen molar-refractivity contribution in [3.05, 3.63) is 51.1 Å². The third kappa shape index (κ3) is 2.83. The highest BCUT2D eigenvalue weighted by Gasteiger charge is 2.38. The van der Waals surface area contributed by atoms with Gasteiger partial charge in [-0.15, -0.1) is 0 Å². The summed E-state index contributed by atoms with van der Waals surface area (Å²) in [6.45, 7) is 0.456. The van der Waals surface area contributed by atoms with Crippen LogP contribution in [0.5, 0.6) is 0 Å². The molecule has 1 fully saturated rings. The topological polar surface area (TPSA) is 37.4 Å². The molecule has 2 aromatic rings. The molecule has 1 aliphatic carbocycles. The Labute approximate surface area is 131 Å². The Hall–Kier alpha value is -0.690. The number of hydrogen-bond donors (Lipinski definition) is 0. The van der Waals surface area contributed by atoms with Crippen molar-refractivity contribution in [1.29, 1.82) is 0 Å². The van der Waals surface area contributed by atoms with Crippen molar-refractivity contribution in [3.63, 3.8) is 0 Å². The van der Waals surface area contributed by atoms with Crippen LogP contribution < -0.4 is 0 Å². The fourth-order valence-electron chi connectivity index (χ4n) is 2.12. The van der Waals surface area contributed by atoms with Gasteiger partial charge in [-0.05, 0) is 63.3 Å². The van der Waals surface area contributed by atoms with E-state index in [9.17, 15) is 8.42 Å². The van der Waals surface area contributed by atoms with Crippen LogP contribution in [-0.4, -0.2) is 18.8 Å². The maximum Gasteiger partial charge on any atom is 0.244 e. The van der Waals surface area contributed by atoms with Crippen molar-refractivity contribution in [3.8, 4) is 0 Å². The molecule has 106 valence electrons. The summed E-state index contributed by atoms with van der Waals surface area (Å²) in [4.78, 5) is 0.349. The summed E-state index contributed by atoms with van der Waals surface area (Å²) in [6.07, 6.45) is 1.90. The van der Waals surface area contributed by atoms with E-state index in [0.717, 1.165) is 18.4 Å². The number of nitrogens with zero attached hydrogens (tertiary/aromatic N) is 1. The monoisotopic (exact) mass is 371 g/mol. The third-order valence-corrected chi connectivity index (χ3v) is 6.94. The predicted molar refractivity (Wildman–Crippen MR) is 84.2 cm³/mol. The molecule has 20 heavy (non-hydrogen) atoms. The van der Waals surface area contributed by atoms with Gasteiger partial charge in [-0.2, -0.15) is 15.6 Å². The molecular formula is C14H14BrNO2S2. The Morgan fingerprint density at radius 2 is 2.00 bits per heavy atom. The first-order chi connectivity index (χ1) is 9.59. The Kier molecular flexibility index (Phi) is 3.99. The minimum absolute atomic E-state index is 0.145. The minimum Gasteiger partial charge on any atom is -0.207 e. The second-order valence-electron chi connectivity index (χ2n) is 4.84. The second-order valence-corrected chi connectivity index (χ2v) is 8.34. The van der Waals surface area contributed by atoms with Gasteiger partial charge >= 0.3 is 0 Å². The highest BCUT2D eigenvalue weighted by Crippen LogP contribution is 2.35. The van der Waals surface area contributed by atoms with Gasteiger partial charge in [-0.3, -0.25) is 0 Å². The first-order valence-corrected chi connectivity index (χ1v) is 9.54. The van der Waals surface area contributed by atoms with Gasteiger partial charge in [0, 0.05) is 17.1 Å². The van der Waals surface area contributed by atoms with E-state index in [-0.39, 0.29) is 6.04 Å². The summed E-state index contributed by atoms with van der Waals surface area (Å²) in [5, 5.41) is 3.98. The summed E-state index contributed by atoms with van der Waals surface area (Å²) >= 11 is 4.94. The van der Waals surface area contributed by atoms with Gasteiger partial charge in [0.15, 0.2) is 0 Å². The lowest BCUT2D eigenvalue weighted by molar-refractivity contribution is 0.399. The smallest absolute Gasteiger partial charge is 0.207 e. The first-order valence-electron chi connectivity index (χ1n) is 6.36. The number of hydrogen-bond acceptors (Lipinski definition) is 3. The molecule has 1 aromatic carbocycles. The number of thiophene rings is 1. The van der Waals surface area contributed by atoms with Gasteiger partial charge in [0.25, 0.3) is 0 Å². The van der Waals surface area contributed by atoms with E-state index in [4.69, 9.17) is 0 Å². The van der Waals surface area contributed by atoms with Crippen LogP contribution in [0, 0.1) is 0 Å². The van der Waals surface area contributed by atoms with Crippen LogP contribution in [0.15, 0.2) is 50.5 Å². The molecule has 0 aliphatic heterocycles. The lowest BCUT2D eigenvalue weighted by Crippen LogP contribution is -2.32. The number of rotatable bonds is 5. The van der Waals surface area contributed by atoms with Gasteiger partial charge in [0.05, 0.1) is 4.90 Å². The highest BCUT2D eigenvalue weighted by atomic mass is 79.9. The standard InChI is InChI=1S/C14H14BrNO2S2/c15-13-3-1-2-4-14(13)20(17,18)16(12-5-6-12)9-11-7-8-19-10-11/h1-4,7-8,10,12H,5-6,9H2. The van der Waals surface area contributed by atoms with Gasteiger partial charge < -0.3 is 0 Å². The quantitative estimate of drug-likeness (QED) is 0.799. The molecule has 1 aliphatic rings. The highest BCUT2D eigenvalue weighted by molar-refractivity contribution is 9.10. The Balaban J connectivity index is 1.96. The molecule has 0 spiro atoms. The van der Waals surface area contributed by atoms with E-state index < -0.39 is 10.0 Å². The normalized spacial score (nSPS) is 15.7. The van der Waals surface area contributed by atoms with Crippen molar-refractivity contribution in [1.82, 2.24) is 4.31 Å². The predicted octanol–water partition coefficient (Wildman–Crippen LogP) is 3.86. The van der Waals surface area contributed by atoms with Gasteiger partial charge in [0.1, 0.15) is 0 Å². The summed E-state index contributed by atoms with van der Waals surface area (Å²) in [6, 6.07) is 9.13. The molecule has 6 heteroatoms. The van der Waals surface area contributed by atoms with Crippen LogP contribution in [-0.2, 0) is 16.6 Å². The average Bonchev–Trinajstić information content (AvgIpc) is 3.12. The van der Waals surface area contributed by atoms with Crippen LogP contribution in [0.3, 0.4) is 0 Å². The van der Waals surface area contributed by atoms with Crippen LogP contribution in [0.4, 0.5) is 0 Å². The molecule has 1 heterocycles. The second kappa shape index (κ2) is 5.60. The largest absolute Gasteiger partial charge is 0.244 e. The van der Waals surface area contributed by atoms with E-state index in [2.05, 4.69) is 15.9 Å². The Morgan fingerprint density at radius 3 is 2.60 bits per heavy atom. The van der Waals surface area contributed by atoms with Gasteiger partial charge in [-0.1, -0.05) is 12.1 Å². The molecule has 0 amide bonds. The van der Waals surface area contributed by atoms with Crippen LogP contribution in [0.2, 0.25) is 0 Å². The van der Waals surface area contributed by atoms with E-state index in [1.165, 1.54) is 0 Å². The number of halogens is 1. The SMILES string of the molecule is O=S(=O)(c1ccccc1Br)N(Cc1ccsc1)C1CC1. The molecule has 0 atom stereocenters. The minimum atomic E-state index is -3.45. The molecule has 0 N–H and O–H groups in total. The van der Waals surface area contributed by atoms with Crippen molar-refractivity contribution in [2.24, 2.45) is 0 Å².